The standard InChI is InChI=1S/C22H21N3O7/c1-25(2)16-11-6-9-5-10-8(7-23)3-4-12(26)14(10)17(27)13(9)19(29)21(11)22(31,32-21)15(18(16)28)20(24)30/h3-4,9,11,16,26,28-29,31H,5-6H2,1-2H3,(H2,24,30)/t9-,11-,16-,21-,22?/m0/s1. The number of phenolic OH excluding ortho intramolecular Hbond substituents is 1. The molecule has 4 aliphatic rings. The summed E-state index contributed by atoms with van der Waals surface area (Å²) in [7, 11) is 3.31. The van der Waals surface area contributed by atoms with Gasteiger partial charge in [0.1, 0.15) is 22.8 Å². The van der Waals surface area contributed by atoms with E-state index < -0.39 is 58.0 Å². The van der Waals surface area contributed by atoms with Gasteiger partial charge in [0.2, 0.25) is 5.79 Å². The minimum atomic E-state index is -2.38. The van der Waals surface area contributed by atoms with Gasteiger partial charge in [-0.2, -0.15) is 5.26 Å². The van der Waals surface area contributed by atoms with Crippen LogP contribution in [0.2, 0.25) is 0 Å². The fraction of sp³-hybridized carbons (Fsp3) is 0.409. The molecule has 5 atom stereocenters. The molecule has 32 heavy (non-hydrogen) atoms. The quantitative estimate of drug-likeness (QED) is 0.401. The van der Waals surface area contributed by atoms with Crippen molar-refractivity contribution in [3.05, 3.63) is 51.5 Å². The van der Waals surface area contributed by atoms with Crippen LogP contribution in [0.5, 0.6) is 5.75 Å². The van der Waals surface area contributed by atoms with Crippen LogP contribution in [-0.2, 0) is 16.0 Å². The molecule has 0 bridgehead atoms. The number of hydrogen-bond donors (Lipinski definition) is 5. The molecule has 1 aliphatic heterocycles. The molecule has 5 rings (SSSR count). The van der Waals surface area contributed by atoms with Crippen LogP contribution in [0.15, 0.2) is 34.8 Å². The number of nitrogens with two attached hydrogens (primary N) is 1. The summed E-state index contributed by atoms with van der Waals surface area (Å²) in [6, 6.07) is 3.87. The lowest BCUT2D eigenvalue weighted by Crippen LogP contribution is -2.57. The lowest BCUT2D eigenvalue weighted by molar-refractivity contribution is -0.117. The highest BCUT2D eigenvalue weighted by molar-refractivity contribution is 6.14. The minimum Gasteiger partial charge on any atom is -0.510 e. The monoisotopic (exact) mass is 439 g/mol. The number of nitriles is 1. The first-order valence-corrected chi connectivity index (χ1v) is 10.1. The summed E-state index contributed by atoms with van der Waals surface area (Å²) in [6.45, 7) is 0. The highest BCUT2D eigenvalue weighted by atomic mass is 16.8. The first-order chi connectivity index (χ1) is 15.0. The molecule has 10 nitrogen and oxygen atoms in total. The van der Waals surface area contributed by atoms with Crippen LogP contribution < -0.4 is 5.73 Å². The Labute approximate surface area is 182 Å². The Hall–Kier alpha value is -3.39. The second-order valence-electron chi connectivity index (χ2n) is 8.95. The van der Waals surface area contributed by atoms with Gasteiger partial charge in [0.25, 0.3) is 5.91 Å². The number of carbonyl (C=O) groups excluding carboxylic acids is 2. The van der Waals surface area contributed by atoms with Crippen molar-refractivity contribution in [3.63, 3.8) is 0 Å². The number of phenols is 1. The molecule has 1 aromatic carbocycles. The minimum absolute atomic E-state index is 0.0437. The molecule has 1 aromatic rings. The molecule has 0 saturated carbocycles. The van der Waals surface area contributed by atoms with Crippen LogP contribution in [0.1, 0.15) is 27.9 Å². The van der Waals surface area contributed by atoms with E-state index in [2.05, 4.69) is 0 Å². The van der Waals surface area contributed by atoms with Crippen LogP contribution in [0.4, 0.5) is 0 Å². The van der Waals surface area contributed by atoms with Crippen molar-refractivity contribution in [2.45, 2.75) is 30.3 Å². The van der Waals surface area contributed by atoms with Crippen LogP contribution in [0.25, 0.3) is 0 Å². The van der Waals surface area contributed by atoms with Crippen molar-refractivity contribution in [1.29, 1.82) is 5.26 Å². The summed E-state index contributed by atoms with van der Waals surface area (Å²) < 4.78 is 5.59. The highest BCUT2D eigenvalue weighted by Gasteiger charge is 2.84. The number of primary amides is 1. The number of epoxide rings is 1. The molecule has 1 fully saturated rings. The number of likely N-dealkylation sites (N-methyl/N-ethyl adjacent to an activating group) is 1. The van der Waals surface area contributed by atoms with Gasteiger partial charge in [-0.25, -0.2) is 0 Å². The summed E-state index contributed by atoms with van der Waals surface area (Å²) in [5.74, 6) is -6.75. The molecule has 0 aromatic heterocycles. The zero-order valence-electron chi connectivity index (χ0n) is 17.3. The van der Waals surface area contributed by atoms with Crippen LogP contribution in [0.3, 0.4) is 0 Å². The number of allylic oxidation sites excluding steroid dienone is 1. The zero-order chi connectivity index (χ0) is 23.3. The molecule has 1 heterocycles. The second kappa shape index (κ2) is 6.10. The van der Waals surface area contributed by atoms with Crippen LogP contribution in [0, 0.1) is 23.2 Å². The third-order valence-corrected chi connectivity index (χ3v) is 7.24. The Bertz CT molecular complexity index is 1230. The first-order valence-electron chi connectivity index (χ1n) is 10.1. The molecule has 0 radical (unpaired) electrons. The topological polar surface area (TPSA) is 181 Å². The molecule has 10 heteroatoms. The van der Waals surface area contributed by atoms with Crippen molar-refractivity contribution >= 4 is 11.7 Å². The molecule has 3 aliphatic carbocycles. The van der Waals surface area contributed by atoms with Crippen molar-refractivity contribution < 1.29 is 34.8 Å². The lowest BCUT2D eigenvalue weighted by Gasteiger charge is -2.45. The van der Waals surface area contributed by atoms with Gasteiger partial charge in [0.15, 0.2) is 11.4 Å². The Balaban J connectivity index is 1.75. The Morgan fingerprint density at radius 2 is 2.00 bits per heavy atom. The number of amides is 1. The first kappa shape index (κ1) is 20.5. The molecule has 1 amide bonds. The number of benzene rings is 1. The highest BCUT2D eigenvalue weighted by Crippen LogP contribution is 2.68. The smallest absolute Gasteiger partial charge is 0.253 e. The third-order valence-electron chi connectivity index (χ3n) is 7.24. The maximum Gasteiger partial charge on any atom is 0.253 e. The Morgan fingerprint density at radius 1 is 1.31 bits per heavy atom. The third kappa shape index (κ3) is 2.13. The van der Waals surface area contributed by atoms with Crippen molar-refractivity contribution in [1.82, 2.24) is 4.90 Å². The summed E-state index contributed by atoms with van der Waals surface area (Å²) in [6.07, 6.45) is 0.391. The SMILES string of the molecule is CN(C)[C@@H]1C(O)=C(C(N)=O)C2(O)O[C@@]23C(O)=C2C(=O)c4c(O)ccc(C#N)c4C[C@H]2C[C@@H]13. The van der Waals surface area contributed by atoms with Gasteiger partial charge in [-0.1, -0.05) is 0 Å². The average molecular weight is 439 g/mol. The second-order valence-corrected chi connectivity index (χ2v) is 8.95. The molecular formula is C22H21N3O7. The molecule has 1 saturated heterocycles. The number of carbonyl (C=O) groups is 2. The number of aliphatic hydroxyl groups excluding tert-OH is 2. The van der Waals surface area contributed by atoms with E-state index in [9.17, 15) is 35.3 Å². The number of rotatable bonds is 2. The number of aromatic hydroxyl groups is 1. The predicted molar refractivity (Wildman–Crippen MR) is 107 cm³/mol. The molecular weight excluding hydrogens is 418 g/mol. The van der Waals surface area contributed by atoms with E-state index in [0.29, 0.717) is 5.56 Å². The van der Waals surface area contributed by atoms with E-state index in [1.165, 1.54) is 12.1 Å². The van der Waals surface area contributed by atoms with Gasteiger partial charge < -0.3 is 30.9 Å². The number of nitrogens with zero attached hydrogens (tertiary/aromatic N) is 2. The maximum absolute atomic E-state index is 13.4. The largest absolute Gasteiger partial charge is 0.510 e. The summed E-state index contributed by atoms with van der Waals surface area (Å²) in [4.78, 5) is 27.1. The van der Waals surface area contributed by atoms with Crippen LogP contribution in [-0.4, -0.2) is 68.5 Å². The fourth-order valence-electron chi connectivity index (χ4n) is 5.97. The number of ether oxygens (including phenoxy) is 1. The normalized spacial score (nSPS) is 35.0. The van der Waals surface area contributed by atoms with Gasteiger partial charge in [-0.15, -0.1) is 0 Å². The van der Waals surface area contributed by atoms with E-state index in [4.69, 9.17) is 10.5 Å². The summed E-state index contributed by atoms with van der Waals surface area (Å²) >= 11 is 0. The maximum atomic E-state index is 13.4. The Kier molecular flexibility index (Phi) is 3.91. The summed E-state index contributed by atoms with van der Waals surface area (Å²) in [5.41, 5.74) is 3.54. The lowest BCUT2D eigenvalue weighted by atomic mass is 9.60. The predicted octanol–water partition coefficient (Wildman–Crippen LogP) is 0.150. The van der Waals surface area contributed by atoms with E-state index in [-0.39, 0.29) is 35.3 Å². The molecule has 1 unspecified atom stereocenters. The number of hydrogen-bond acceptors (Lipinski definition) is 9. The molecule has 1 spiro atoms. The van der Waals surface area contributed by atoms with E-state index in [1.807, 2.05) is 6.07 Å². The molecule has 6 N–H and O–H groups in total. The van der Waals surface area contributed by atoms with Gasteiger partial charge in [0.05, 0.1) is 23.2 Å². The number of ketones is 1. The van der Waals surface area contributed by atoms with E-state index in [1.54, 1.807) is 19.0 Å². The van der Waals surface area contributed by atoms with Gasteiger partial charge >= 0.3 is 0 Å². The van der Waals surface area contributed by atoms with E-state index in [0.717, 1.165) is 0 Å². The fourth-order valence-corrected chi connectivity index (χ4v) is 5.97. The number of fused-ring (bicyclic) bond motifs is 2. The summed E-state index contributed by atoms with van der Waals surface area (Å²) in [5, 5.41) is 53.1. The van der Waals surface area contributed by atoms with Gasteiger partial charge in [0, 0.05) is 11.5 Å². The van der Waals surface area contributed by atoms with E-state index >= 15 is 0 Å². The Morgan fingerprint density at radius 3 is 2.59 bits per heavy atom. The number of Topliss-reactive ketones (excluding diaryl/α,β-unsaturated/α-hetero) is 1. The van der Waals surface area contributed by atoms with Crippen molar-refractivity contribution in [2.24, 2.45) is 17.6 Å². The average Bonchev–Trinajstić information content (AvgIpc) is 3.33. The zero-order valence-corrected chi connectivity index (χ0v) is 17.3. The van der Waals surface area contributed by atoms with Gasteiger partial charge in [-0.3, -0.25) is 14.5 Å². The van der Waals surface area contributed by atoms with Crippen molar-refractivity contribution in [2.75, 3.05) is 14.1 Å². The molecule has 166 valence electrons. The van der Waals surface area contributed by atoms with Gasteiger partial charge in [-0.05, 0) is 50.6 Å². The van der Waals surface area contributed by atoms with Crippen molar-refractivity contribution in [3.8, 4) is 11.8 Å². The van der Waals surface area contributed by atoms with Crippen LogP contribution >= 0.6 is 0 Å². The number of aliphatic hydroxyl groups is 3.